The van der Waals surface area contributed by atoms with Gasteiger partial charge in [-0.05, 0) is 61.2 Å². The Bertz CT molecular complexity index is 1230. The van der Waals surface area contributed by atoms with Crippen molar-refractivity contribution in [3.05, 3.63) is 70.8 Å². The number of nitrogens with zero attached hydrogens (tertiary/aromatic N) is 3. The SMILES string of the molecule is CCCOc1ccc(-c2nn(-c3ccccc3)cc2/C=C2/SC(=S)N(CC(C)C)C2=O)cc1C. The highest BCUT2D eigenvalue weighted by Crippen LogP contribution is 2.36. The summed E-state index contributed by atoms with van der Waals surface area (Å²) in [5.41, 5.74) is 4.66. The summed E-state index contributed by atoms with van der Waals surface area (Å²) in [5.74, 6) is 1.18. The molecule has 0 spiro atoms. The van der Waals surface area contributed by atoms with E-state index < -0.39 is 0 Å². The number of benzene rings is 2. The standard InChI is InChI=1S/C27H29N3O2S2/c1-5-13-32-23-12-11-20(14-19(23)4)25-21(17-30(28-25)22-9-7-6-8-10-22)15-24-26(31)29(16-18(2)3)27(33)34-24/h6-12,14-15,17-18H,5,13,16H2,1-4H3/b24-15+. The lowest BCUT2D eigenvalue weighted by Gasteiger charge is -2.16. The number of para-hydroxylation sites is 1. The molecule has 0 radical (unpaired) electrons. The van der Waals surface area contributed by atoms with Gasteiger partial charge in [0.25, 0.3) is 5.91 Å². The molecule has 2 aromatic carbocycles. The highest BCUT2D eigenvalue weighted by atomic mass is 32.2. The van der Waals surface area contributed by atoms with Gasteiger partial charge in [-0.2, -0.15) is 5.10 Å². The van der Waals surface area contributed by atoms with Gasteiger partial charge >= 0.3 is 0 Å². The minimum absolute atomic E-state index is 0.0402. The zero-order valence-corrected chi connectivity index (χ0v) is 21.6. The molecule has 5 nitrogen and oxygen atoms in total. The van der Waals surface area contributed by atoms with Gasteiger partial charge in [-0.1, -0.05) is 63.0 Å². The molecule has 0 N–H and O–H groups in total. The maximum absolute atomic E-state index is 13.1. The maximum Gasteiger partial charge on any atom is 0.266 e. The number of ether oxygens (including phenoxy) is 1. The fraction of sp³-hybridized carbons (Fsp3) is 0.296. The van der Waals surface area contributed by atoms with E-state index in [9.17, 15) is 4.79 Å². The van der Waals surface area contributed by atoms with Gasteiger partial charge in [-0.3, -0.25) is 9.69 Å². The van der Waals surface area contributed by atoms with E-state index in [1.807, 2.05) is 66.3 Å². The van der Waals surface area contributed by atoms with Gasteiger partial charge in [0.15, 0.2) is 0 Å². The number of rotatable bonds is 8. The first-order chi connectivity index (χ1) is 16.4. The van der Waals surface area contributed by atoms with E-state index in [1.54, 1.807) is 4.90 Å². The Labute approximate surface area is 210 Å². The number of hydrogen-bond acceptors (Lipinski definition) is 5. The van der Waals surface area contributed by atoms with Crippen LogP contribution in [0.25, 0.3) is 23.0 Å². The smallest absolute Gasteiger partial charge is 0.266 e. The molecule has 2 heterocycles. The number of aromatic nitrogens is 2. The molecule has 1 aliphatic rings. The van der Waals surface area contributed by atoms with Crippen LogP contribution < -0.4 is 4.74 Å². The van der Waals surface area contributed by atoms with Crippen LogP contribution in [-0.4, -0.2) is 38.1 Å². The van der Waals surface area contributed by atoms with Crippen LogP contribution in [0.2, 0.25) is 0 Å². The van der Waals surface area contributed by atoms with E-state index in [0.29, 0.717) is 28.3 Å². The van der Waals surface area contributed by atoms with Crippen molar-refractivity contribution < 1.29 is 9.53 Å². The van der Waals surface area contributed by atoms with Crippen LogP contribution in [0.3, 0.4) is 0 Å². The Morgan fingerprint density at radius 2 is 1.94 bits per heavy atom. The Morgan fingerprint density at radius 1 is 1.18 bits per heavy atom. The monoisotopic (exact) mass is 491 g/mol. The molecule has 1 amide bonds. The van der Waals surface area contributed by atoms with Crippen molar-refractivity contribution in [3.8, 4) is 22.7 Å². The molecule has 176 valence electrons. The second-order valence-corrected chi connectivity index (χ2v) is 10.4. The van der Waals surface area contributed by atoms with Crippen LogP contribution in [-0.2, 0) is 4.79 Å². The topological polar surface area (TPSA) is 47.4 Å². The van der Waals surface area contributed by atoms with E-state index >= 15 is 0 Å². The number of thioether (sulfide) groups is 1. The average molecular weight is 492 g/mol. The summed E-state index contributed by atoms with van der Waals surface area (Å²) in [6.07, 6.45) is 4.84. The highest BCUT2D eigenvalue weighted by molar-refractivity contribution is 8.26. The zero-order chi connectivity index (χ0) is 24.2. The molecule has 1 aromatic heterocycles. The summed E-state index contributed by atoms with van der Waals surface area (Å²) >= 11 is 6.85. The van der Waals surface area contributed by atoms with Crippen molar-refractivity contribution in [1.82, 2.24) is 14.7 Å². The number of amides is 1. The van der Waals surface area contributed by atoms with Crippen LogP contribution in [0.5, 0.6) is 5.75 Å². The quantitative estimate of drug-likeness (QED) is 0.266. The van der Waals surface area contributed by atoms with Crippen LogP contribution in [0.4, 0.5) is 0 Å². The number of hydrogen-bond donors (Lipinski definition) is 0. The molecular weight excluding hydrogens is 462 g/mol. The molecule has 0 atom stereocenters. The largest absolute Gasteiger partial charge is 0.493 e. The molecule has 0 unspecified atom stereocenters. The Kier molecular flexibility index (Phi) is 7.54. The summed E-state index contributed by atoms with van der Waals surface area (Å²) in [6.45, 7) is 9.61. The van der Waals surface area contributed by atoms with Crippen molar-refractivity contribution in [2.24, 2.45) is 5.92 Å². The number of aryl methyl sites for hydroxylation is 1. The number of carbonyl (C=O) groups is 1. The molecule has 1 fully saturated rings. The lowest BCUT2D eigenvalue weighted by Crippen LogP contribution is -2.31. The third kappa shape index (κ3) is 5.26. The first-order valence-electron chi connectivity index (χ1n) is 11.5. The van der Waals surface area contributed by atoms with E-state index in [0.717, 1.165) is 40.2 Å². The number of carbonyl (C=O) groups excluding carboxylic acids is 1. The fourth-order valence-corrected chi connectivity index (χ4v) is 5.03. The normalized spacial score (nSPS) is 15.1. The van der Waals surface area contributed by atoms with Gasteiger partial charge in [0.05, 0.1) is 17.2 Å². The summed E-state index contributed by atoms with van der Waals surface area (Å²) in [5, 5.41) is 4.90. The third-order valence-corrected chi connectivity index (χ3v) is 6.76. The van der Waals surface area contributed by atoms with E-state index in [4.69, 9.17) is 22.1 Å². The predicted octanol–water partition coefficient (Wildman–Crippen LogP) is 6.49. The minimum Gasteiger partial charge on any atom is -0.493 e. The van der Waals surface area contributed by atoms with Crippen molar-refractivity contribution in [2.75, 3.05) is 13.2 Å². The third-order valence-electron chi connectivity index (χ3n) is 5.38. The van der Waals surface area contributed by atoms with Gasteiger partial charge in [-0.25, -0.2) is 4.68 Å². The molecular formula is C27H29N3O2S2. The second-order valence-electron chi connectivity index (χ2n) is 8.73. The molecule has 7 heteroatoms. The highest BCUT2D eigenvalue weighted by Gasteiger charge is 2.32. The predicted molar refractivity (Wildman–Crippen MR) is 144 cm³/mol. The molecule has 0 aliphatic carbocycles. The van der Waals surface area contributed by atoms with Crippen molar-refractivity contribution >= 4 is 40.3 Å². The summed E-state index contributed by atoms with van der Waals surface area (Å²) in [4.78, 5) is 15.4. The van der Waals surface area contributed by atoms with Gasteiger partial charge in [-0.15, -0.1) is 0 Å². The molecule has 3 aromatic rings. The van der Waals surface area contributed by atoms with Gasteiger partial charge in [0.1, 0.15) is 15.8 Å². The summed E-state index contributed by atoms with van der Waals surface area (Å²) in [6, 6.07) is 16.1. The molecule has 1 saturated heterocycles. The van der Waals surface area contributed by atoms with Gasteiger partial charge < -0.3 is 4.74 Å². The molecule has 34 heavy (non-hydrogen) atoms. The Morgan fingerprint density at radius 3 is 2.62 bits per heavy atom. The lowest BCUT2D eigenvalue weighted by atomic mass is 10.0. The summed E-state index contributed by atoms with van der Waals surface area (Å²) in [7, 11) is 0. The lowest BCUT2D eigenvalue weighted by molar-refractivity contribution is -0.122. The van der Waals surface area contributed by atoms with Gasteiger partial charge in [0.2, 0.25) is 0 Å². The minimum atomic E-state index is -0.0402. The summed E-state index contributed by atoms with van der Waals surface area (Å²) < 4.78 is 8.31. The number of thiocarbonyl (C=S) groups is 1. The second kappa shape index (κ2) is 10.6. The van der Waals surface area contributed by atoms with Crippen molar-refractivity contribution in [3.63, 3.8) is 0 Å². The molecule has 0 bridgehead atoms. The Hall–Kier alpha value is -2.90. The van der Waals surface area contributed by atoms with Crippen LogP contribution in [0.15, 0.2) is 59.6 Å². The van der Waals surface area contributed by atoms with Crippen LogP contribution >= 0.6 is 24.0 Å². The molecule has 1 aliphatic heterocycles. The van der Waals surface area contributed by atoms with Crippen molar-refractivity contribution in [2.45, 2.75) is 34.1 Å². The van der Waals surface area contributed by atoms with E-state index in [2.05, 4.69) is 26.8 Å². The van der Waals surface area contributed by atoms with Crippen LogP contribution in [0, 0.1) is 12.8 Å². The van der Waals surface area contributed by atoms with E-state index in [-0.39, 0.29) is 5.91 Å². The fourth-order valence-electron chi connectivity index (χ4n) is 3.76. The molecule has 0 saturated carbocycles. The maximum atomic E-state index is 13.1. The first-order valence-corrected chi connectivity index (χ1v) is 12.7. The Balaban J connectivity index is 1.76. The molecule has 4 rings (SSSR count). The van der Waals surface area contributed by atoms with Crippen molar-refractivity contribution in [1.29, 1.82) is 0 Å². The van der Waals surface area contributed by atoms with E-state index in [1.165, 1.54) is 11.8 Å². The van der Waals surface area contributed by atoms with Crippen LogP contribution in [0.1, 0.15) is 38.3 Å². The first kappa shape index (κ1) is 24.2. The average Bonchev–Trinajstić information content (AvgIpc) is 3.35. The zero-order valence-electron chi connectivity index (χ0n) is 19.9. The van der Waals surface area contributed by atoms with Gasteiger partial charge in [0, 0.05) is 23.9 Å².